The normalized spacial score (nSPS) is 20.2. The Kier molecular flexibility index (Phi) is 28.6. The van der Waals surface area contributed by atoms with E-state index in [0.29, 0.717) is 0 Å². The molecule has 3 saturated carbocycles. The van der Waals surface area contributed by atoms with Gasteiger partial charge >= 0.3 is 0 Å². The zero-order chi connectivity index (χ0) is 16.7. The van der Waals surface area contributed by atoms with Crippen LogP contribution in [0.4, 0.5) is 0 Å². The molecule has 0 aromatic heterocycles. The molecule has 3 fully saturated rings. The van der Waals surface area contributed by atoms with E-state index in [1.165, 1.54) is 116 Å². The fraction of sp³-hybridized carbons (Fsp3) is 1.00. The third-order valence-corrected chi connectivity index (χ3v) is 4.50. The van der Waals surface area contributed by atoms with Crippen LogP contribution in [0.1, 0.15) is 143 Å². The summed E-state index contributed by atoms with van der Waals surface area (Å²) in [6.45, 7) is 8.00. The van der Waals surface area contributed by atoms with Gasteiger partial charge in [0.05, 0.1) is 0 Å². The molecule has 0 N–H and O–H groups in total. The van der Waals surface area contributed by atoms with Gasteiger partial charge in [-0.15, -0.1) is 0 Å². The third-order valence-electron chi connectivity index (χ3n) is 4.50. The van der Waals surface area contributed by atoms with Gasteiger partial charge in [-0.25, -0.2) is 0 Å². The lowest BCUT2D eigenvalue weighted by Gasteiger charge is -2.05. The van der Waals surface area contributed by atoms with E-state index < -0.39 is 0 Å². The van der Waals surface area contributed by atoms with E-state index in [1.54, 1.807) is 0 Å². The van der Waals surface area contributed by atoms with Crippen molar-refractivity contribution >= 4 is 0 Å². The van der Waals surface area contributed by atoms with Gasteiger partial charge in [0.15, 0.2) is 0 Å². The molecule has 0 spiro atoms. The first kappa shape index (κ1) is 24.3. The summed E-state index contributed by atoms with van der Waals surface area (Å²) in [6.07, 6.45) is 27.0. The van der Waals surface area contributed by atoms with E-state index >= 15 is 0 Å². The van der Waals surface area contributed by atoms with Crippen LogP contribution in [-0.2, 0) is 0 Å². The quantitative estimate of drug-likeness (QED) is 0.391. The molecule has 0 heterocycles. The second-order valence-corrected chi connectivity index (χ2v) is 6.36. The largest absolute Gasteiger partial charge is 0.0683 e. The van der Waals surface area contributed by atoms with Gasteiger partial charge in [0, 0.05) is 0 Å². The summed E-state index contributed by atoms with van der Waals surface area (Å²) in [6, 6.07) is 0. The SMILES string of the molecule is C1CCCC1.C1CCCCC1.C1CCCCCC1.CC.CC. The first-order valence-electron chi connectivity index (χ1n) is 11.0. The highest BCUT2D eigenvalue weighted by molar-refractivity contribution is 4.52. The predicted molar refractivity (Wildman–Crippen MR) is 106 cm³/mol. The smallest absolute Gasteiger partial charge is 0.0533 e. The fourth-order valence-corrected chi connectivity index (χ4v) is 3.18. The van der Waals surface area contributed by atoms with Crippen LogP contribution in [0.2, 0.25) is 0 Å². The van der Waals surface area contributed by atoms with Gasteiger partial charge in [-0.2, -0.15) is 0 Å². The lowest BCUT2D eigenvalue weighted by molar-refractivity contribution is 0.504. The monoisotopic (exact) mass is 312 g/mol. The molecule has 22 heavy (non-hydrogen) atoms. The number of hydrogen-bond acceptors (Lipinski definition) is 0. The molecule has 0 nitrogen and oxygen atoms in total. The molecule has 0 radical (unpaired) electrons. The van der Waals surface area contributed by atoms with Gasteiger partial charge in [0.1, 0.15) is 0 Å². The van der Waals surface area contributed by atoms with E-state index in [2.05, 4.69) is 0 Å². The molecular formula is C22H48. The lowest BCUT2D eigenvalue weighted by Crippen LogP contribution is -1.85. The maximum atomic E-state index is 2.00. The Hall–Kier alpha value is 0. The van der Waals surface area contributed by atoms with Crippen LogP contribution in [0.3, 0.4) is 0 Å². The van der Waals surface area contributed by atoms with Gasteiger partial charge < -0.3 is 0 Å². The van der Waals surface area contributed by atoms with Crippen molar-refractivity contribution < 1.29 is 0 Å². The first-order chi connectivity index (χ1) is 11.0. The third kappa shape index (κ3) is 22.3. The number of rotatable bonds is 0. The molecule has 0 aromatic carbocycles. The molecule has 0 amide bonds. The van der Waals surface area contributed by atoms with Crippen molar-refractivity contribution in [2.24, 2.45) is 0 Å². The van der Waals surface area contributed by atoms with Gasteiger partial charge in [0.2, 0.25) is 0 Å². The summed E-state index contributed by atoms with van der Waals surface area (Å²) < 4.78 is 0. The van der Waals surface area contributed by atoms with Gasteiger partial charge in [-0.3, -0.25) is 0 Å². The van der Waals surface area contributed by atoms with Crippen molar-refractivity contribution in [3.05, 3.63) is 0 Å². The summed E-state index contributed by atoms with van der Waals surface area (Å²) in [7, 11) is 0. The maximum absolute atomic E-state index is 2.00. The van der Waals surface area contributed by atoms with Crippen molar-refractivity contribution in [2.45, 2.75) is 143 Å². The van der Waals surface area contributed by atoms with E-state index in [4.69, 9.17) is 0 Å². The fourth-order valence-electron chi connectivity index (χ4n) is 3.18. The second-order valence-electron chi connectivity index (χ2n) is 6.36. The van der Waals surface area contributed by atoms with Crippen LogP contribution >= 0.6 is 0 Å². The Morgan fingerprint density at radius 1 is 0.182 bits per heavy atom. The van der Waals surface area contributed by atoms with Gasteiger partial charge in [0.25, 0.3) is 0 Å². The molecule has 0 saturated heterocycles. The van der Waals surface area contributed by atoms with Crippen molar-refractivity contribution in [3.8, 4) is 0 Å². The van der Waals surface area contributed by atoms with Crippen LogP contribution in [0.5, 0.6) is 0 Å². The predicted octanol–water partition coefficient (Wildman–Crippen LogP) is 9.07. The molecule has 0 aromatic rings. The molecule has 136 valence electrons. The Labute approximate surface area is 143 Å². The van der Waals surface area contributed by atoms with Crippen molar-refractivity contribution in [1.82, 2.24) is 0 Å². The molecule has 0 unspecified atom stereocenters. The van der Waals surface area contributed by atoms with Crippen LogP contribution in [0.25, 0.3) is 0 Å². The van der Waals surface area contributed by atoms with Crippen LogP contribution in [-0.4, -0.2) is 0 Å². The molecule has 3 aliphatic carbocycles. The Morgan fingerprint density at radius 2 is 0.227 bits per heavy atom. The Morgan fingerprint density at radius 3 is 0.273 bits per heavy atom. The maximum Gasteiger partial charge on any atom is -0.0533 e. The highest BCUT2D eigenvalue weighted by Gasteiger charge is 1.96. The van der Waals surface area contributed by atoms with Crippen LogP contribution in [0.15, 0.2) is 0 Å². The molecule has 0 bridgehead atoms. The average Bonchev–Trinajstić information content (AvgIpc) is 3.09. The Balaban J connectivity index is 0. The topological polar surface area (TPSA) is 0 Å². The highest BCUT2D eigenvalue weighted by atomic mass is 14.0. The Bertz CT molecular complexity index is 103. The van der Waals surface area contributed by atoms with E-state index in [-0.39, 0.29) is 0 Å². The second kappa shape index (κ2) is 25.9. The molecule has 3 rings (SSSR count). The minimum Gasteiger partial charge on any atom is -0.0683 e. The van der Waals surface area contributed by atoms with Crippen molar-refractivity contribution in [1.29, 1.82) is 0 Å². The van der Waals surface area contributed by atoms with E-state index in [0.717, 1.165) is 0 Å². The first-order valence-corrected chi connectivity index (χ1v) is 11.0. The standard InChI is InChI=1S/C7H14.C6H12.C5H10.2C2H6/c1-2-4-6-7-5-3-1;1-2-4-6-5-3-1;1-2-4-5-3-1;2*1-2/h1-7H2;1-6H2;1-5H2;2*1-2H3. The van der Waals surface area contributed by atoms with Crippen LogP contribution in [0, 0.1) is 0 Å². The van der Waals surface area contributed by atoms with Crippen molar-refractivity contribution in [3.63, 3.8) is 0 Å². The summed E-state index contributed by atoms with van der Waals surface area (Å²) in [4.78, 5) is 0. The molecule has 0 aliphatic heterocycles. The molecule has 0 atom stereocenters. The minimum atomic E-state index is 1.50. The van der Waals surface area contributed by atoms with Crippen molar-refractivity contribution in [2.75, 3.05) is 0 Å². The van der Waals surface area contributed by atoms with E-state index in [1.807, 2.05) is 27.7 Å². The summed E-state index contributed by atoms with van der Waals surface area (Å²) in [5.74, 6) is 0. The summed E-state index contributed by atoms with van der Waals surface area (Å²) in [5, 5.41) is 0. The zero-order valence-corrected chi connectivity index (χ0v) is 16.7. The molecule has 0 heteroatoms. The highest BCUT2D eigenvalue weighted by Crippen LogP contribution is 2.16. The van der Waals surface area contributed by atoms with Gasteiger partial charge in [-0.1, -0.05) is 143 Å². The average molecular weight is 313 g/mol. The lowest BCUT2D eigenvalue weighted by atomic mass is 10.0. The molecule has 3 aliphatic rings. The van der Waals surface area contributed by atoms with E-state index in [9.17, 15) is 0 Å². The number of hydrogen-bond donors (Lipinski definition) is 0. The minimum absolute atomic E-state index is 1.50. The molecular weight excluding hydrogens is 264 g/mol. The summed E-state index contributed by atoms with van der Waals surface area (Å²) in [5.41, 5.74) is 0. The summed E-state index contributed by atoms with van der Waals surface area (Å²) >= 11 is 0. The van der Waals surface area contributed by atoms with Gasteiger partial charge in [-0.05, 0) is 0 Å². The van der Waals surface area contributed by atoms with Crippen LogP contribution < -0.4 is 0 Å². The zero-order valence-electron chi connectivity index (χ0n) is 16.7.